The number of nitrogens with zero attached hydrogens (tertiary/aromatic N) is 4. The summed E-state index contributed by atoms with van der Waals surface area (Å²) in [4.78, 5) is 32.2. The zero-order chi connectivity index (χ0) is 16.8. The van der Waals surface area contributed by atoms with E-state index in [0.29, 0.717) is 37.8 Å². The van der Waals surface area contributed by atoms with Crippen molar-refractivity contribution in [3.05, 3.63) is 29.9 Å². The number of carbonyl (C=O) groups is 2. The van der Waals surface area contributed by atoms with Gasteiger partial charge in [-0.25, -0.2) is 9.78 Å². The molecule has 0 fully saturated rings. The van der Waals surface area contributed by atoms with Crippen LogP contribution in [0.1, 0.15) is 30.2 Å². The van der Waals surface area contributed by atoms with E-state index in [4.69, 9.17) is 4.74 Å². The van der Waals surface area contributed by atoms with Crippen LogP contribution >= 0.6 is 0 Å². The van der Waals surface area contributed by atoms with Crippen molar-refractivity contribution in [2.24, 2.45) is 0 Å². The maximum absolute atomic E-state index is 12.2. The molecule has 1 aliphatic heterocycles. The van der Waals surface area contributed by atoms with Crippen LogP contribution < -0.4 is 0 Å². The number of carbonyl (C=O) groups excluding carboxylic acids is 2. The number of imidazole rings is 1. The Labute approximate surface area is 136 Å². The van der Waals surface area contributed by atoms with Gasteiger partial charge in [0.2, 0.25) is 5.91 Å². The van der Waals surface area contributed by atoms with E-state index >= 15 is 0 Å². The average molecular weight is 320 g/mol. The third-order valence-electron chi connectivity index (χ3n) is 3.88. The Morgan fingerprint density at radius 3 is 2.87 bits per heavy atom. The molecule has 2 rings (SSSR count). The van der Waals surface area contributed by atoms with Crippen molar-refractivity contribution in [2.45, 2.75) is 26.9 Å². The van der Waals surface area contributed by atoms with Crippen LogP contribution in [-0.2, 0) is 22.6 Å². The predicted molar refractivity (Wildman–Crippen MR) is 85.9 cm³/mol. The molecule has 1 aromatic heterocycles. The van der Waals surface area contributed by atoms with Crippen molar-refractivity contribution in [3.8, 4) is 0 Å². The van der Waals surface area contributed by atoms with Gasteiger partial charge in [0.15, 0.2) is 0 Å². The summed E-state index contributed by atoms with van der Waals surface area (Å²) in [5.41, 5.74) is 0.453. The van der Waals surface area contributed by atoms with Crippen LogP contribution in [0.25, 0.3) is 0 Å². The standard InChI is InChI=1S/C16H24N4O3/c1-4-18(3)8-6-7-15(21)19-9-10-20-13(16(22)23-5-2)11-17-14(20)12-19/h6-7,11H,4-5,8-10,12H2,1-3H3/b7-6+. The van der Waals surface area contributed by atoms with Gasteiger partial charge in [-0.3, -0.25) is 4.79 Å². The monoisotopic (exact) mass is 320 g/mol. The van der Waals surface area contributed by atoms with E-state index in [2.05, 4.69) is 16.8 Å². The first-order chi connectivity index (χ1) is 11.1. The molecule has 0 bridgehead atoms. The Morgan fingerprint density at radius 1 is 1.39 bits per heavy atom. The molecule has 1 aliphatic rings. The molecule has 2 heterocycles. The number of aromatic nitrogens is 2. The number of esters is 1. The molecular formula is C16H24N4O3. The third kappa shape index (κ3) is 4.19. The summed E-state index contributed by atoms with van der Waals surface area (Å²) >= 11 is 0. The van der Waals surface area contributed by atoms with Gasteiger partial charge >= 0.3 is 5.97 Å². The third-order valence-corrected chi connectivity index (χ3v) is 3.88. The zero-order valence-corrected chi connectivity index (χ0v) is 14.0. The molecule has 0 aromatic carbocycles. The van der Waals surface area contributed by atoms with Gasteiger partial charge in [0.25, 0.3) is 0 Å². The number of hydrogen-bond donors (Lipinski definition) is 0. The van der Waals surface area contributed by atoms with Crippen LogP contribution in [0, 0.1) is 0 Å². The fourth-order valence-corrected chi connectivity index (χ4v) is 2.38. The summed E-state index contributed by atoms with van der Waals surface area (Å²) < 4.78 is 6.85. The van der Waals surface area contributed by atoms with Gasteiger partial charge in [-0.15, -0.1) is 0 Å². The first-order valence-corrected chi connectivity index (χ1v) is 7.92. The molecular weight excluding hydrogens is 296 g/mol. The topological polar surface area (TPSA) is 67.7 Å². The maximum atomic E-state index is 12.2. The second-order valence-electron chi connectivity index (χ2n) is 5.45. The van der Waals surface area contributed by atoms with E-state index in [9.17, 15) is 9.59 Å². The van der Waals surface area contributed by atoms with Crippen molar-refractivity contribution < 1.29 is 14.3 Å². The Balaban J connectivity index is 1.98. The number of fused-ring (bicyclic) bond motifs is 1. The Bertz CT molecular complexity index is 594. The lowest BCUT2D eigenvalue weighted by Gasteiger charge is -2.27. The lowest BCUT2D eigenvalue weighted by atomic mass is 10.3. The van der Waals surface area contributed by atoms with E-state index < -0.39 is 0 Å². The molecule has 0 unspecified atom stereocenters. The van der Waals surface area contributed by atoms with E-state index in [0.717, 1.165) is 13.1 Å². The van der Waals surface area contributed by atoms with Crippen LogP contribution in [0.5, 0.6) is 0 Å². The van der Waals surface area contributed by atoms with Gasteiger partial charge in [-0.05, 0) is 20.5 Å². The summed E-state index contributed by atoms with van der Waals surface area (Å²) in [7, 11) is 2.00. The highest BCUT2D eigenvalue weighted by Gasteiger charge is 2.25. The lowest BCUT2D eigenvalue weighted by molar-refractivity contribution is -0.127. The fourth-order valence-electron chi connectivity index (χ4n) is 2.38. The molecule has 0 spiro atoms. The Kier molecular flexibility index (Phi) is 5.92. The van der Waals surface area contributed by atoms with Gasteiger partial charge in [0.05, 0.1) is 19.3 Å². The number of ether oxygens (including phenoxy) is 1. The highest BCUT2D eigenvalue weighted by Crippen LogP contribution is 2.15. The van der Waals surface area contributed by atoms with E-state index in [1.807, 2.05) is 17.7 Å². The van der Waals surface area contributed by atoms with Gasteiger partial charge in [-0.1, -0.05) is 13.0 Å². The first kappa shape index (κ1) is 17.2. The Morgan fingerprint density at radius 2 is 2.17 bits per heavy atom. The molecule has 7 heteroatoms. The molecule has 0 atom stereocenters. The summed E-state index contributed by atoms with van der Waals surface area (Å²) in [5, 5.41) is 0. The molecule has 0 saturated heterocycles. The summed E-state index contributed by atoms with van der Waals surface area (Å²) in [5.74, 6) is 0.321. The average Bonchev–Trinajstić information content (AvgIpc) is 2.97. The highest BCUT2D eigenvalue weighted by atomic mass is 16.5. The van der Waals surface area contributed by atoms with Crippen molar-refractivity contribution >= 4 is 11.9 Å². The van der Waals surface area contributed by atoms with Crippen molar-refractivity contribution in [2.75, 3.05) is 33.3 Å². The molecule has 1 amide bonds. The van der Waals surface area contributed by atoms with Gasteiger partial charge in [0, 0.05) is 25.7 Å². The molecule has 7 nitrogen and oxygen atoms in total. The van der Waals surface area contributed by atoms with Crippen LogP contribution in [0.4, 0.5) is 0 Å². The lowest BCUT2D eigenvalue weighted by Crippen LogP contribution is -2.38. The quantitative estimate of drug-likeness (QED) is 0.576. The first-order valence-electron chi connectivity index (χ1n) is 7.92. The molecule has 0 aliphatic carbocycles. The zero-order valence-electron chi connectivity index (χ0n) is 14.0. The van der Waals surface area contributed by atoms with Crippen molar-refractivity contribution in [3.63, 3.8) is 0 Å². The molecule has 0 saturated carbocycles. The van der Waals surface area contributed by atoms with Crippen molar-refractivity contribution in [1.82, 2.24) is 19.4 Å². The number of likely N-dealkylation sites (N-methyl/N-ethyl adjacent to an activating group) is 1. The minimum atomic E-state index is -0.367. The van der Waals surface area contributed by atoms with E-state index in [1.165, 1.54) is 6.20 Å². The number of amides is 1. The molecule has 23 heavy (non-hydrogen) atoms. The predicted octanol–water partition coefficient (Wildman–Crippen LogP) is 0.910. The van der Waals surface area contributed by atoms with Crippen LogP contribution in [0.15, 0.2) is 18.3 Å². The largest absolute Gasteiger partial charge is 0.461 e. The normalized spacial score (nSPS) is 14.3. The molecule has 0 radical (unpaired) electrons. The second kappa shape index (κ2) is 7.92. The van der Waals surface area contributed by atoms with Crippen LogP contribution in [0.2, 0.25) is 0 Å². The van der Waals surface area contributed by atoms with Crippen LogP contribution in [-0.4, -0.2) is 64.5 Å². The Hall–Kier alpha value is -2.15. The van der Waals surface area contributed by atoms with E-state index in [1.54, 1.807) is 17.9 Å². The minimum absolute atomic E-state index is 0.0264. The van der Waals surface area contributed by atoms with E-state index in [-0.39, 0.29) is 11.9 Å². The summed E-state index contributed by atoms with van der Waals surface area (Å²) in [6.07, 6.45) is 5.00. The van der Waals surface area contributed by atoms with Gasteiger partial charge in [-0.2, -0.15) is 0 Å². The molecule has 0 N–H and O–H groups in total. The smallest absolute Gasteiger partial charge is 0.356 e. The number of hydrogen-bond acceptors (Lipinski definition) is 5. The highest BCUT2D eigenvalue weighted by molar-refractivity contribution is 5.88. The fraction of sp³-hybridized carbons (Fsp3) is 0.562. The molecule has 1 aromatic rings. The second-order valence-corrected chi connectivity index (χ2v) is 5.45. The SMILES string of the molecule is CCOC(=O)c1cnc2n1CCN(C(=O)/C=C/CN(C)CC)C2. The maximum Gasteiger partial charge on any atom is 0.356 e. The summed E-state index contributed by atoms with van der Waals surface area (Å²) in [6.45, 7) is 7.39. The van der Waals surface area contributed by atoms with Gasteiger partial charge < -0.3 is 19.1 Å². The minimum Gasteiger partial charge on any atom is -0.461 e. The van der Waals surface area contributed by atoms with Gasteiger partial charge in [0.1, 0.15) is 11.5 Å². The molecule has 126 valence electrons. The van der Waals surface area contributed by atoms with Crippen LogP contribution in [0.3, 0.4) is 0 Å². The summed E-state index contributed by atoms with van der Waals surface area (Å²) in [6, 6.07) is 0. The number of rotatable bonds is 6. The van der Waals surface area contributed by atoms with Crippen molar-refractivity contribution in [1.29, 1.82) is 0 Å².